The average molecular weight is 263 g/mol. The van der Waals surface area contributed by atoms with Crippen LogP contribution < -0.4 is 4.74 Å². The van der Waals surface area contributed by atoms with Crippen LogP contribution in [-0.4, -0.2) is 11.6 Å². The summed E-state index contributed by atoms with van der Waals surface area (Å²) in [5, 5.41) is 0. The van der Waals surface area contributed by atoms with E-state index >= 15 is 0 Å². The third-order valence-corrected chi connectivity index (χ3v) is 2.75. The van der Waals surface area contributed by atoms with E-state index in [9.17, 15) is 8.78 Å². The number of halogens is 2. The molecule has 2 nitrogen and oxygen atoms in total. The highest BCUT2D eigenvalue weighted by Gasteiger charge is 2.06. The van der Waals surface area contributed by atoms with Crippen molar-refractivity contribution in [1.29, 1.82) is 0 Å². The minimum absolute atomic E-state index is 0.541. The number of nitrogens with zero attached hydrogens (tertiary/aromatic N) is 1. The smallest absolute Gasteiger partial charge is 0.248 e. The minimum atomic E-state index is -1.08. The van der Waals surface area contributed by atoms with E-state index in [1.54, 1.807) is 12.1 Å². The average Bonchev–Trinajstić information content (AvgIpc) is 2.43. The number of benzene rings is 1. The van der Waals surface area contributed by atoms with Gasteiger partial charge in [-0.3, -0.25) is 0 Å². The van der Waals surface area contributed by atoms with Crippen molar-refractivity contribution in [1.82, 2.24) is 4.98 Å². The van der Waals surface area contributed by atoms with Gasteiger partial charge in [-0.15, -0.1) is 0 Å². The molecule has 1 heterocycles. The molecule has 0 bridgehead atoms. The molecule has 4 heteroatoms. The molecule has 0 unspecified atom stereocenters. The first-order chi connectivity index (χ1) is 9.20. The molecule has 0 aliphatic rings. The third kappa shape index (κ3) is 3.50. The van der Waals surface area contributed by atoms with Gasteiger partial charge in [0.05, 0.1) is 6.61 Å². The number of hydrogen-bond acceptors (Lipinski definition) is 2. The largest absolute Gasteiger partial charge is 0.494 e. The normalized spacial score (nSPS) is 10.5. The van der Waals surface area contributed by atoms with Crippen LogP contribution in [0.4, 0.5) is 8.78 Å². The maximum absolute atomic E-state index is 13.1. The van der Waals surface area contributed by atoms with Crippen molar-refractivity contribution in [3.63, 3.8) is 0 Å². The van der Waals surface area contributed by atoms with E-state index in [1.807, 2.05) is 12.1 Å². The monoisotopic (exact) mass is 263 g/mol. The second-order valence-corrected chi connectivity index (χ2v) is 4.22. The van der Waals surface area contributed by atoms with Crippen LogP contribution in [0.1, 0.15) is 19.8 Å². The van der Waals surface area contributed by atoms with Crippen molar-refractivity contribution in [2.24, 2.45) is 0 Å². The maximum Gasteiger partial charge on any atom is 0.248 e. The van der Waals surface area contributed by atoms with Crippen molar-refractivity contribution in [3.8, 4) is 16.9 Å². The van der Waals surface area contributed by atoms with E-state index in [2.05, 4.69) is 11.9 Å². The summed E-state index contributed by atoms with van der Waals surface area (Å²) in [6.45, 7) is 2.78. The van der Waals surface area contributed by atoms with Crippen molar-refractivity contribution >= 4 is 0 Å². The Labute approximate surface area is 111 Å². The molecule has 1 aromatic heterocycles. The van der Waals surface area contributed by atoms with Crippen LogP contribution in [0.15, 0.2) is 36.5 Å². The molecule has 0 radical (unpaired) electrons. The van der Waals surface area contributed by atoms with Gasteiger partial charge in [0.15, 0.2) is 5.82 Å². The Kier molecular flexibility index (Phi) is 4.44. The zero-order chi connectivity index (χ0) is 13.7. The van der Waals surface area contributed by atoms with E-state index in [1.165, 1.54) is 6.20 Å². The molecule has 0 amide bonds. The molecule has 0 saturated heterocycles. The molecule has 100 valence electrons. The molecule has 19 heavy (non-hydrogen) atoms. The Bertz CT molecular complexity index is 540. The van der Waals surface area contributed by atoms with Gasteiger partial charge in [0.1, 0.15) is 5.75 Å². The van der Waals surface area contributed by atoms with E-state index in [4.69, 9.17) is 4.74 Å². The van der Waals surface area contributed by atoms with Crippen LogP contribution >= 0.6 is 0 Å². The topological polar surface area (TPSA) is 22.1 Å². The number of rotatable bonds is 5. The van der Waals surface area contributed by atoms with Gasteiger partial charge in [0, 0.05) is 11.8 Å². The fourth-order valence-corrected chi connectivity index (χ4v) is 1.66. The molecule has 0 fully saturated rings. The Morgan fingerprint density at radius 3 is 2.47 bits per heavy atom. The van der Waals surface area contributed by atoms with Gasteiger partial charge in [-0.2, -0.15) is 4.39 Å². The number of unbranched alkanes of at least 4 members (excludes halogenated alkanes) is 1. The highest BCUT2D eigenvalue weighted by atomic mass is 19.2. The molecule has 2 aromatic rings. The number of pyridine rings is 1. The first kappa shape index (κ1) is 13.5. The Morgan fingerprint density at radius 2 is 1.84 bits per heavy atom. The summed E-state index contributed by atoms with van der Waals surface area (Å²) >= 11 is 0. The van der Waals surface area contributed by atoms with Crippen molar-refractivity contribution in [3.05, 3.63) is 48.3 Å². The first-order valence-corrected chi connectivity index (χ1v) is 6.25. The molecule has 0 aliphatic heterocycles. The molecule has 0 aliphatic carbocycles. The second kappa shape index (κ2) is 6.27. The quantitative estimate of drug-likeness (QED) is 0.595. The maximum atomic E-state index is 13.1. The lowest BCUT2D eigenvalue weighted by Gasteiger charge is -2.06. The summed E-state index contributed by atoms with van der Waals surface area (Å²) in [7, 11) is 0. The fourth-order valence-electron chi connectivity index (χ4n) is 1.66. The summed E-state index contributed by atoms with van der Waals surface area (Å²) in [6.07, 6.45) is 3.40. The highest BCUT2D eigenvalue weighted by Crippen LogP contribution is 2.23. The lowest BCUT2D eigenvalue weighted by atomic mass is 10.1. The van der Waals surface area contributed by atoms with Gasteiger partial charge >= 0.3 is 0 Å². The highest BCUT2D eigenvalue weighted by molar-refractivity contribution is 5.63. The second-order valence-electron chi connectivity index (χ2n) is 4.22. The van der Waals surface area contributed by atoms with Gasteiger partial charge in [0.2, 0.25) is 5.95 Å². The van der Waals surface area contributed by atoms with Crippen LogP contribution in [0, 0.1) is 11.8 Å². The third-order valence-electron chi connectivity index (χ3n) is 2.75. The van der Waals surface area contributed by atoms with Gasteiger partial charge < -0.3 is 4.74 Å². The lowest BCUT2D eigenvalue weighted by Crippen LogP contribution is -1.96. The molecule has 2 rings (SSSR count). The van der Waals surface area contributed by atoms with Crippen LogP contribution in [-0.2, 0) is 0 Å². The summed E-state index contributed by atoms with van der Waals surface area (Å²) < 4.78 is 31.4. The van der Waals surface area contributed by atoms with Crippen molar-refractivity contribution < 1.29 is 13.5 Å². The van der Waals surface area contributed by atoms with Crippen LogP contribution in [0.3, 0.4) is 0 Å². The number of hydrogen-bond donors (Lipinski definition) is 0. The van der Waals surface area contributed by atoms with E-state index in [-0.39, 0.29) is 0 Å². The Hall–Kier alpha value is -1.97. The van der Waals surface area contributed by atoms with Crippen molar-refractivity contribution in [2.75, 3.05) is 6.61 Å². The number of aromatic nitrogens is 1. The molecule has 1 aromatic carbocycles. The van der Waals surface area contributed by atoms with E-state index < -0.39 is 11.8 Å². The Morgan fingerprint density at radius 1 is 1.11 bits per heavy atom. The first-order valence-electron chi connectivity index (χ1n) is 6.25. The predicted molar refractivity (Wildman–Crippen MR) is 70.0 cm³/mol. The summed E-state index contributed by atoms with van der Waals surface area (Å²) in [6, 6.07) is 8.36. The molecular weight excluding hydrogens is 248 g/mol. The van der Waals surface area contributed by atoms with Crippen LogP contribution in [0.25, 0.3) is 11.1 Å². The summed E-state index contributed by atoms with van der Waals surface area (Å²) in [5.41, 5.74) is 1.31. The Balaban J connectivity index is 2.11. The molecule has 0 atom stereocenters. The number of ether oxygens (including phenoxy) is 1. The standard InChI is InChI=1S/C15H15F2NO/c1-2-3-8-19-13-6-4-11(5-7-13)12-9-14(16)15(17)18-10-12/h4-7,9-10H,2-3,8H2,1H3. The SMILES string of the molecule is CCCCOc1ccc(-c2cnc(F)c(F)c2)cc1. The van der Waals surface area contributed by atoms with Crippen LogP contribution in [0.2, 0.25) is 0 Å². The van der Waals surface area contributed by atoms with E-state index in [0.29, 0.717) is 12.2 Å². The minimum Gasteiger partial charge on any atom is -0.494 e. The molecule has 0 saturated carbocycles. The van der Waals surface area contributed by atoms with Crippen LogP contribution in [0.5, 0.6) is 5.75 Å². The predicted octanol–water partition coefficient (Wildman–Crippen LogP) is 4.21. The molecular formula is C15H15F2NO. The van der Waals surface area contributed by atoms with E-state index in [0.717, 1.165) is 30.2 Å². The zero-order valence-corrected chi connectivity index (χ0v) is 10.7. The summed E-state index contributed by atoms with van der Waals surface area (Å²) in [5.74, 6) is -1.25. The van der Waals surface area contributed by atoms with Gasteiger partial charge in [0.25, 0.3) is 0 Å². The van der Waals surface area contributed by atoms with Gasteiger partial charge in [-0.1, -0.05) is 25.5 Å². The molecule has 0 N–H and O–H groups in total. The van der Waals surface area contributed by atoms with Gasteiger partial charge in [-0.05, 0) is 30.2 Å². The molecule has 0 spiro atoms. The fraction of sp³-hybridized carbons (Fsp3) is 0.267. The summed E-state index contributed by atoms with van der Waals surface area (Å²) in [4.78, 5) is 3.37. The van der Waals surface area contributed by atoms with Gasteiger partial charge in [-0.25, -0.2) is 9.37 Å². The van der Waals surface area contributed by atoms with Crippen molar-refractivity contribution in [2.45, 2.75) is 19.8 Å². The lowest BCUT2D eigenvalue weighted by molar-refractivity contribution is 0.309. The zero-order valence-electron chi connectivity index (χ0n) is 10.7.